The average Bonchev–Trinajstić information content (AvgIpc) is 2.21. The molecule has 1 rings (SSSR count). The van der Waals surface area contributed by atoms with Crippen LogP contribution in [0.25, 0.3) is 0 Å². The lowest BCUT2D eigenvalue weighted by atomic mass is 9.98. The van der Waals surface area contributed by atoms with Crippen LogP contribution in [0.1, 0.15) is 36.9 Å². The quantitative estimate of drug-likeness (QED) is 0.768. The van der Waals surface area contributed by atoms with E-state index in [9.17, 15) is 0 Å². The lowest BCUT2D eigenvalue weighted by molar-refractivity contribution is 0.700. The lowest BCUT2D eigenvalue weighted by Crippen LogP contribution is -2.11. The molecule has 0 aliphatic heterocycles. The maximum absolute atomic E-state index is 6.09. The van der Waals surface area contributed by atoms with Crippen molar-refractivity contribution in [3.8, 4) is 0 Å². The van der Waals surface area contributed by atoms with Crippen LogP contribution < -0.4 is 5.73 Å². The number of rotatable bonds is 4. The molecular weight excluding hydrogens is 206 g/mol. The van der Waals surface area contributed by atoms with Gasteiger partial charge in [-0.15, -0.1) is 0 Å². The number of benzene rings is 1. The topological polar surface area (TPSA) is 26.0 Å². The van der Waals surface area contributed by atoms with Crippen molar-refractivity contribution in [3.05, 3.63) is 46.5 Å². The molecule has 0 saturated carbocycles. The Hall–Kier alpha value is -0.790. The summed E-state index contributed by atoms with van der Waals surface area (Å²) in [5, 5.41) is 0.792. The van der Waals surface area contributed by atoms with Crippen molar-refractivity contribution in [2.75, 3.05) is 0 Å². The highest BCUT2D eigenvalue weighted by Crippen LogP contribution is 2.23. The van der Waals surface area contributed by atoms with Crippen LogP contribution in [0.15, 0.2) is 30.4 Å². The highest BCUT2D eigenvalue weighted by atomic mass is 35.5. The summed E-state index contributed by atoms with van der Waals surface area (Å²) < 4.78 is 0. The largest absolute Gasteiger partial charge is 0.324 e. The summed E-state index contributed by atoms with van der Waals surface area (Å²) in [6.07, 6.45) is 1.83. The zero-order valence-corrected chi connectivity index (χ0v) is 10.1. The zero-order chi connectivity index (χ0) is 11.4. The van der Waals surface area contributed by atoms with Crippen LogP contribution >= 0.6 is 11.6 Å². The molecule has 0 aliphatic rings. The van der Waals surface area contributed by atoms with Crippen molar-refractivity contribution < 1.29 is 0 Å². The minimum atomic E-state index is 0.0356. The standard InChI is InChI=1S/C13H18ClN/c1-4-9(2)7-13(15)11-5-6-12(14)10(3)8-11/h5-6,8,13H,2,4,7,15H2,1,3H3. The number of hydrogen-bond acceptors (Lipinski definition) is 1. The fraction of sp³-hybridized carbons (Fsp3) is 0.385. The van der Waals surface area contributed by atoms with Gasteiger partial charge in [0, 0.05) is 11.1 Å². The monoisotopic (exact) mass is 223 g/mol. The van der Waals surface area contributed by atoms with E-state index < -0.39 is 0 Å². The molecule has 0 heterocycles. The van der Waals surface area contributed by atoms with Crippen molar-refractivity contribution in [1.82, 2.24) is 0 Å². The van der Waals surface area contributed by atoms with Gasteiger partial charge in [0.15, 0.2) is 0 Å². The Morgan fingerprint density at radius 2 is 2.20 bits per heavy atom. The van der Waals surface area contributed by atoms with E-state index in [1.165, 1.54) is 5.57 Å². The lowest BCUT2D eigenvalue weighted by Gasteiger charge is -2.14. The van der Waals surface area contributed by atoms with E-state index in [-0.39, 0.29) is 6.04 Å². The minimum Gasteiger partial charge on any atom is -0.324 e. The summed E-state index contributed by atoms with van der Waals surface area (Å²) in [5.41, 5.74) is 9.48. The van der Waals surface area contributed by atoms with Crippen LogP contribution in [0.2, 0.25) is 5.02 Å². The fourth-order valence-electron chi connectivity index (χ4n) is 1.47. The molecular formula is C13H18ClN. The summed E-state index contributed by atoms with van der Waals surface area (Å²) in [4.78, 5) is 0. The molecule has 0 amide bonds. The van der Waals surface area contributed by atoms with Crippen LogP contribution in [0.5, 0.6) is 0 Å². The van der Waals surface area contributed by atoms with Crippen LogP contribution in [0.3, 0.4) is 0 Å². The molecule has 0 fully saturated rings. The normalized spacial score (nSPS) is 12.5. The van der Waals surface area contributed by atoms with E-state index in [0.29, 0.717) is 0 Å². The van der Waals surface area contributed by atoms with E-state index in [0.717, 1.165) is 29.0 Å². The smallest absolute Gasteiger partial charge is 0.0435 e. The first-order valence-corrected chi connectivity index (χ1v) is 5.60. The van der Waals surface area contributed by atoms with Crippen molar-refractivity contribution >= 4 is 11.6 Å². The summed E-state index contributed by atoms with van der Waals surface area (Å²) in [6.45, 7) is 8.07. The average molecular weight is 224 g/mol. The van der Waals surface area contributed by atoms with Gasteiger partial charge < -0.3 is 5.73 Å². The first-order chi connectivity index (χ1) is 7.04. The third-order valence-corrected chi connectivity index (χ3v) is 3.04. The van der Waals surface area contributed by atoms with Crippen molar-refractivity contribution in [3.63, 3.8) is 0 Å². The van der Waals surface area contributed by atoms with Gasteiger partial charge in [0.1, 0.15) is 0 Å². The van der Waals surface area contributed by atoms with Crippen molar-refractivity contribution in [2.24, 2.45) is 5.73 Å². The fourth-order valence-corrected chi connectivity index (χ4v) is 1.59. The molecule has 0 aromatic heterocycles. The molecule has 2 heteroatoms. The Morgan fingerprint density at radius 1 is 1.53 bits per heavy atom. The second-order valence-electron chi connectivity index (χ2n) is 3.92. The molecule has 15 heavy (non-hydrogen) atoms. The molecule has 1 nitrogen and oxygen atoms in total. The summed E-state index contributed by atoms with van der Waals surface area (Å²) in [6, 6.07) is 5.98. The van der Waals surface area contributed by atoms with Crippen LogP contribution in [0.4, 0.5) is 0 Å². The highest BCUT2D eigenvalue weighted by Gasteiger charge is 2.08. The maximum Gasteiger partial charge on any atom is 0.0435 e. The molecule has 0 bridgehead atoms. The third kappa shape index (κ3) is 3.37. The van der Waals surface area contributed by atoms with E-state index in [1.807, 2.05) is 19.1 Å². The van der Waals surface area contributed by atoms with Crippen LogP contribution in [-0.2, 0) is 0 Å². The molecule has 1 aromatic carbocycles. The Balaban J connectivity index is 2.78. The molecule has 0 saturated heterocycles. The SMILES string of the molecule is C=C(CC)CC(N)c1ccc(Cl)c(C)c1. The molecule has 0 aliphatic carbocycles. The summed E-state index contributed by atoms with van der Waals surface area (Å²) >= 11 is 5.96. The maximum atomic E-state index is 6.09. The number of halogens is 1. The van der Waals surface area contributed by atoms with Gasteiger partial charge in [0.05, 0.1) is 0 Å². The van der Waals surface area contributed by atoms with Gasteiger partial charge in [-0.2, -0.15) is 0 Å². The number of hydrogen-bond donors (Lipinski definition) is 1. The van der Waals surface area contributed by atoms with E-state index in [2.05, 4.69) is 19.6 Å². The van der Waals surface area contributed by atoms with E-state index in [4.69, 9.17) is 17.3 Å². The predicted octanol–water partition coefficient (Wildman–Crippen LogP) is 4.00. The number of nitrogens with two attached hydrogens (primary N) is 1. The summed E-state index contributed by atoms with van der Waals surface area (Å²) in [7, 11) is 0. The van der Waals surface area contributed by atoms with Gasteiger partial charge in [-0.3, -0.25) is 0 Å². The van der Waals surface area contributed by atoms with E-state index in [1.54, 1.807) is 0 Å². The first kappa shape index (κ1) is 12.3. The van der Waals surface area contributed by atoms with Gasteiger partial charge in [0.25, 0.3) is 0 Å². The second-order valence-corrected chi connectivity index (χ2v) is 4.33. The molecule has 1 atom stereocenters. The van der Waals surface area contributed by atoms with Gasteiger partial charge in [0.2, 0.25) is 0 Å². The molecule has 0 spiro atoms. The highest BCUT2D eigenvalue weighted by molar-refractivity contribution is 6.31. The third-order valence-electron chi connectivity index (χ3n) is 2.62. The van der Waals surface area contributed by atoms with Gasteiger partial charge >= 0.3 is 0 Å². The second kappa shape index (κ2) is 5.34. The molecule has 1 aromatic rings. The molecule has 2 N–H and O–H groups in total. The zero-order valence-electron chi connectivity index (χ0n) is 9.39. The van der Waals surface area contributed by atoms with Crippen molar-refractivity contribution in [2.45, 2.75) is 32.7 Å². The minimum absolute atomic E-state index is 0.0356. The van der Waals surface area contributed by atoms with Crippen LogP contribution in [0, 0.1) is 6.92 Å². The van der Waals surface area contributed by atoms with Crippen LogP contribution in [-0.4, -0.2) is 0 Å². The van der Waals surface area contributed by atoms with Gasteiger partial charge in [-0.25, -0.2) is 0 Å². The van der Waals surface area contributed by atoms with E-state index >= 15 is 0 Å². The number of aryl methyl sites for hydroxylation is 1. The molecule has 82 valence electrons. The first-order valence-electron chi connectivity index (χ1n) is 5.23. The Labute approximate surface area is 96.9 Å². The van der Waals surface area contributed by atoms with Gasteiger partial charge in [-0.1, -0.05) is 42.8 Å². The summed E-state index contributed by atoms with van der Waals surface area (Å²) in [5.74, 6) is 0. The molecule has 0 radical (unpaired) electrons. The Kier molecular flexibility index (Phi) is 4.37. The van der Waals surface area contributed by atoms with Crippen molar-refractivity contribution in [1.29, 1.82) is 0 Å². The Bertz CT molecular complexity index is 358. The Morgan fingerprint density at radius 3 is 2.73 bits per heavy atom. The predicted molar refractivity (Wildman–Crippen MR) is 67.2 cm³/mol. The van der Waals surface area contributed by atoms with Gasteiger partial charge in [-0.05, 0) is 37.0 Å². The molecule has 1 unspecified atom stereocenters.